The molecular weight excluding hydrogens is 262 g/mol. The van der Waals surface area contributed by atoms with Gasteiger partial charge >= 0.3 is 0 Å². The Morgan fingerprint density at radius 3 is 2.68 bits per heavy atom. The minimum Gasteiger partial charge on any atom is -0.334 e. The summed E-state index contributed by atoms with van der Waals surface area (Å²) < 4.78 is 26.8. The molecule has 98 valence electrons. The molecule has 2 N–H and O–H groups in total. The molecule has 2 heterocycles. The summed E-state index contributed by atoms with van der Waals surface area (Å²) in [7, 11) is -1.80. The molecule has 0 amide bonds. The lowest BCUT2D eigenvalue weighted by molar-refractivity contribution is 0.584. The fraction of sp³-hybridized carbons (Fsp3) is 0.0769. The van der Waals surface area contributed by atoms with E-state index in [0.717, 1.165) is 10.9 Å². The Kier molecular flexibility index (Phi) is 2.60. The number of sulfone groups is 1. The highest BCUT2D eigenvalue weighted by Crippen LogP contribution is 2.25. The second-order valence-electron chi connectivity index (χ2n) is 4.26. The molecule has 1 aromatic carbocycles. The molecule has 1 aromatic heterocycles. The summed E-state index contributed by atoms with van der Waals surface area (Å²) in [4.78, 5) is 0. The van der Waals surface area contributed by atoms with Crippen LogP contribution in [0.5, 0.6) is 0 Å². The lowest BCUT2D eigenvalue weighted by Crippen LogP contribution is -2.32. The van der Waals surface area contributed by atoms with Crippen LogP contribution < -0.4 is 10.9 Å². The Hall–Kier alpha value is -2.21. The number of hydrogen-bond acceptors (Lipinski definition) is 4. The number of benzene rings is 1. The van der Waals surface area contributed by atoms with Gasteiger partial charge < -0.3 is 9.99 Å². The number of para-hydroxylation sites is 1. The molecule has 0 atom stereocenters. The average Bonchev–Trinajstić information content (AvgIpc) is 2.78. The fourth-order valence-corrected chi connectivity index (χ4v) is 3.55. The van der Waals surface area contributed by atoms with Crippen molar-refractivity contribution in [2.24, 2.45) is 7.05 Å². The molecule has 0 saturated carbocycles. The average molecular weight is 275 g/mol. The first kappa shape index (κ1) is 11.9. The summed E-state index contributed by atoms with van der Waals surface area (Å²) in [5, 5.41) is 1.31. The summed E-state index contributed by atoms with van der Waals surface area (Å²) >= 11 is 0. The number of nitrogens with one attached hydrogen (secondary N) is 2. The summed E-state index contributed by atoms with van der Waals surface area (Å²) in [6.07, 6.45) is 4.80. The quantitative estimate of drug-likeness (QED) is 0.870. The first-order chi connectivity index (χ1) is 9.10. The number of aryl methyl sites for hydroxylation is 1. The Balaban J connectivity index is 2.21. The first-order valence-electron chi connectivity index (χ1n) is 5.78. The molecule has 0 saturated heterocycles. The number of nitrogens with zero attached hydrogens (tertiary/aromatic N) is 1. The smallest absolute Gasteiger partial charge is 0.238 e. The molecule has 0 bridgehead atoms. The zero-order chi connectivity index (χ0) is 13.5. The van der Waals surface area contributed by atoms with Crippen LogP contribution in [0.15, 0.2) is 58.7 Å². The van der Waals surface area contributed by atoms with E-state index in [1.807, 2.05) is 24.3 Å². The van der Waals surface area contributed by atoms with E-state index in [-0.39, 0.29) is 10.1 Å². The van der Waals surface area contributed by atoms with E-state index >= 15 is 0 Å². The van der Waals surface area contributed by atoms with Crippen molar-refractivity contribution in [3.63, 3.8) is 0 Å². The molecule has 0 unspecified atom stereocenters. The van der Waals surface area contributed by atoms with Crippen LogP contribution in [0, 0.1) is 0 Å². The monoisotopic (exact) mass is 275 g/mol. The van der Waals surface area contributed by atoms with Crippen molar-refractivity contribution < 1.29 is 8.42 Å². The zero-order valence-corrected chi connectivity index (χ0v) is 11.1. The topological polar surface area (TPSA) is 63.1 Å². The second kappa shape index (κ2) is 4.17. The molecular formula is C13H13N3O2S. The predicted molar refractivity (Wildman–Crippen MR) is 73.6 cm³/mol. The van der Waals surface area contributed by atoms with Gasteiger partial charge in [0.15, 0.2) is 5.03 Å². The molecule has 0 spiro atoms. The molecule has 3 rings (SSSR count). The van der Waals surface area contributed by atoms with Crippen molar-refractivity contribution in [2.75, 3.05) is 0 Å². The van der Waals surface area contributed by atoms with E-state index in [2.05, 4.69) is 10.9 Å². The van der Waals surface area contributed by atoms with Crippen LogP contribution in [0.3, 0.4) is 0 Å². The first-order valence-corrected chi connectivity index (χ1v) is 7.27. The Labute approximate surface area is 111 Å². The van der Waals surface area contributed by atoms with Crippen LogP contribution in [0.25, 0.3) is 10.9 Å². The minimum atomic E-state index is -3.56. The molecule has 1 aliphatic heterocycles. The third-order valence-electron chi connectivity index (χ3n) is 3.10. The number of hydrazine groups is 1. The Bertz CT molecular complexity index is 800. The summed E-state index contributed by atoms with van der Waals surface area (Å²) in [5.74, 6) is 0. The van der Waals surface area contributed by atoms with Gasteiger partial charge in [0.25, 0.3) is 0 Å². The largest absolute Gasteiger partial charge is 0.334 e. The molecule has 0 aliphatic carbocycles. The maximum Gasteiger partial charge on any atom is 0.238 e. The van der Waals surface area contributed by atoms with Gasteiger partial charge in [-0.1, -0.05) is 18.2 Å². The molecule has 19 heavy (non-hydrogen) atoms. The third kappa shape index (κ3) is 1.80. The van der Waals surface area contributed by atoms with Gasteiger partial charge in [0.2, 0.25) is 9.84 Å². The van der Waals surface area contributed by atoms with E-state index in [0.29, 0.717) is 0 Å². The van der Waals surface area contributed by atoms with E-state index in [1.54, 1.807) is 30.0 Å². The van der Waals surface area contributed by atoms with Gasteiger partial charge in [-0.2, -0.15) is 0 Å². The van der Waals surface area contributed by atoms with E-state index < -0.39 is 9.84 Å². The highest BCUT2D eigenvalue weighted by Gasteiger charge is 2.25. The van der Waals surface area contributed by atoms with Gasteiger partial charge in [-0.15, -0.1) is 0 Å². The third-order valence-corrected chi connectivity index (χ3v) is 4.85. The Morgan fingerprint density at radius 1 is 1.21 bits per heavy atom. The summed E-state index contributed by atoms with van der Waals surface area (Å²) in [5.41, 5.74) is 6.22. The molecule has 1 aliphatic rings. The van der Waals surface area contributed by atoms with Gasteiger partial charge in [-0.05, 0) is 24.3 Å². The van der Waals surface area contributed by atoms with Crippen LogP contribution in [0.4, 0.5) is 0 Å². The standard InChI is InChI=1S/C13H13N3O2S/c1-16-11-6-3-2-5-10(11)9-13(16)19(17,18)12-7-4-8-14-15-12/h2-9,14-15H,1H3. The van der Waals surface area contributed by atoms with Gasteiger partial charge in [0, 0.05) is 24.2 Å². The van der Waals surface area contributed by atoms with Crippen LogP contribution in [0.2, 0.25) is 0 Å². The number of rotatable bonds is 2. The number of aromatic nitrogens is 1. The van der Waals surface area contributed by atoms with Crippen molar-refractivity contribution in [3.8, 4) is 0 Å². The zero-order valence-electron chi connectivity index (χ0n) is 10.3. The maximum atomic E-state index is 12.6. The lowest BCUT2D eigenvalue weighted by Gasteiger charge is -2.14. The molecule has 0 fully saturated rings. The van der Waals surface area contributed by atoms with Crippen molar-refractivity contribution in [1.82, 2.24) is 15.4 Å². The van der Waals surface area contributed by atoms with Gasteiger partial charge in [0.1, 0.15) is 5.03 Å². The van der Waals surface area contributed by atoms with Crippen molar-refractivity contribution >= 4 is 20.7 Å². The SMILES string of the molecule is Cn1c(S(=O)(=O)C2=CC=CNN2)cc2ccccc21. The van der Waals surface area contributed by atoms with Crippen LogP contribution in [-0.4, -0.2) is 13.0 Å². The number of allylic oxidation sites excluding steroid dienone is 2. The molecule has 5 nitrogen and oxygen atoms in total. The molecule has 0 radical (unpaired) electrons. The maximum absolute atomic E-state index is 12.6. The van der Waals surface area contributed by atoms with E-state index in [4.69, 9.17) is 0 Å². The Morgan fingerprint density at radius 2 is 2.00 bits per heavy atom. The predicted octanol–water partition coefficient (Wildman–Crippen LogP) is 1.41. The van der Waals surface area contributed by atoms with Crippen molar-refractivity contribution in [3.05, 3.63) is 53.7 Å². The number of hydrogen-bond donors (Lipinski definition) is 2. The normalized spacial score (nSPS) is 14.9. The fourth-order valence-electron chi connectivity index (χ4n) is 2.13. The molecule has 6 heteroatoms. The van der Waals surface area contributed by atoms with Crippen LogP contribution in [0.1, 0.15) is 0 Å². The minimum absolute atomic E-state index is 0.140. The van der Waals surface area contributed by atoms with E-state index in [9.17, 15) is 8.42 Å². The van der Waals surface area contributed by atoms with Gasteiger partial charge in [0.05, 0.1) is 0 Å². The highest BCUT2D eigenvalue weighted by atomic mass is 32.2. The van der Waals surface area contributed by atoms with Gasteiger partial charge in [-0.25, -0.2) is 8.42 Å². The molecule has 2 aromatic rings. The van der Waals surface area contributed by atoms with Gasteiger partial charge in [-0.3, -0.25) is 5.43 Å². The summed E-state index contributed by atoms with van der Waals surface area (Å²) in [6, 6.07) is 9.26. The van der Waals surface area contributed by atoms with E-state index in [1.165, 1.54) is 6.08 Å². The van der Waals surface area contributed by atoms with Crippen LogP contribution in [-0.2, 0) is 16.9 Å². The van der Waals surface area contributed by atoms with Crippen molar-refractivity contribution in [2.45, 2.75) is 5.03 Å². The second-order valence-corrected chi connectivity index (χ2v) is 6.13. The van der Waals surface area contributed by atoms with Crippen molar-refractivity contribution in [1.29, 1.82) is 0 Å². The lowest BCUT2D eigenvalue weighted by atomic mass is 10.2. The van der Waals surface area contributed by atoms with Crippen LogP contribution >= 0.6 is 0 Å². The highest BCUT2D eigenvalue weighted by molar-refractivity contribution is 7.95. The number of fused-ring (bicyclic) bond motifs is 1. The summed E-state index contributed by atoms with van der Waals surface area (Å²) in [6.45, 7) is 0.